The molecular formula is C14H14ClN3O. The van der Waals surface area contributed by atoms with Crippen molar-refractivity contribution in [2.24, 2.45) is 0 Å². The van der Waals surface area contributed by atoms with Crippen LogP contribution >= 0.6 is 11.6 Å². The van der Waals surface area contributed by atoms with Gasteiger partial charge in [0, 0.05) is 18.9 Å². The number of hydrogen-bond donors (Lipinski definition) is 2. The molecule has 2 rings (SSSR count). The van der Waals surface area contributed by atoms with Gasteiger partial charge in [0.25, 0.3) is 5.91 Å². The van der Waals surface area contributed by atoms with Gasteiger partial charge in [0.15, 0.2) is 0 Å². The van der Waals surface area contributed by atoms with Gasteiger partial charge in [0.1, 0.15) is 5.82 Å². The van der Waals surface area contributed by atoms with E-state index in [0.29, 0.717) is 16.4 Å². The summed E-state index contributed by atoms with van der Waals surface area (Å²) in [5.41, 5.74) is 2.16. The number of nitrogens with one attached hydrogen (secondary N) is 2. The number of amides is 1. The van der Waals surface area contributed by atoms with E-state index >= 15 is 0 Å². The highest BCUT2D eigenvalue weighted by Gasteiger charge is 2.12. The summed E-state index contributed by atoms with van der Waals surface area (Å²) in [6.45, 7) is 1.93. The zero-order valence-electron chi connectivity index (χ0n) is 10.7. The highest BCUT2D eigenvalue weighted by Crippen LogP contribution is 2.20. The molecule has 2 N–H and O–H groups in total. The Balaban J connectivity index is 2.28. The fraction of sp³-hybridized carbons (Fsp3) is 0.143. The van der Waals surface area contributed by atoms with Crippen LogP contribution in [0.2, 0.25) is 5.02 Å². The highest BCUT2D eigenvalue weighted by atomic mass is 35.5. The molecule has 0 unspecified atom stereocenters. The predicted molar refractivity (Wildman–Crippen MR) is 77.9 cm³/mol. The van der Waals surface area contributed by atoms with Crippen molar-refractivity contribution < 1.29 is 4.79 Å². The summed E-state index contributed by atoms with van der Waals surface area (Å²) in [6.07, 6.45) is 1.46. The molecule has 0 fully saturated rings. The molecule has 0 aliphatic heterocycles. The van der Waals surface area contributed by atoms with Crippen molar-refractivity contribution >= 4 is 29.0 Å². The van der Waals surface area contributed by atoms with E-state index in [1.54, 1.807) is 13.1 Å². The number of pyridine rings is 1. The van der Waals surface area contributed by atoms with E-state index in [1.165, 1.54) is 6.20 Å². The lowest BCUT2D eigenvalue weighted by atomic mass is 10.2. The van der Waals surface area contributed by atoms with Gasteiger partial charge in [-0.2, -0.15) is 0 Å². The summed E-state index contributed by atoms with van der Waals surface area (Å²) in [7, 11) is 1.74. The molecule has 1 heterocycles. The van der Waals surface area contributed by atoms with E-state index in [9.17, 15) is 4.79 Å². The first-order valence-corrected chi connectivity index (χ1v) is 6.20. The normalized spacial score (nSPS) is 10.1. The molecule has 19 heavy (non-hydrogen) atoms. The predicted octanol–water partition coefficient (Wildman–Crippen LogP) is 3.34. The molecule has 0 radical (unpaired) electrons. The summed E-state index contributed by atoms with van der Waals surface area (Å²) in [4.78, 5) is 16.2. The SMILES string of the molecule is CNc1cc(C(=O)Nc2ccccc2C)c(Cl)cn1. The lowest BCUT2D eigenvalue weighted by molar-refractivity contribution is 0.102. The summed E-state index contributed by atoms with van der Waals surface area (Å²) >= 11 is 6.00. The zero-order valence-corrected chi connectivity index (χ0v) is 11.5. The quantitative estimate of drug-likeness (QED) is 0.903. The second-order valence-corrected chi connectivity index (χ2v) is 4.48. The third kappa shape index (κ3) is 3.03. The van der Waals surface area contributed by atoms with Gasteiger partial charge in [0.2, 0.25) is 0 Å². The molecule has 0 aliphatic rings. The largest absolute Gasteiger partial charge is 0.373 e. The van der Waals surface area contributed by atoms with Crippen molar-refractivity contribution in [3.63, 3.8) is 0 Å². The number of nitrogens with zero attached hydrogens (tertiary/aromatic N) is 1. The van der Waals surface area contributed by atoms with E-state index < -0.39 is 0 Å². The van der Waals surface area contributed by atoms with Crippen LogP contribution in [0.1, 0.15) is 15.9 Å². The third-order valence-electron chi connectivity index (χ3n) is 2.75. The molecule has 0 aliphatic carbocycles. The molecule has 5 heteroatoms. The van der Waals surface area contributed by atoms with Crippen LogP contribution in [-0.4, -0.2) is 17.9 Å². The minimum Gasteiger partial charge on any atom is -0.373 e. The lowest BCUT2D eigenvalue weighted by Crippen LogP contribution is -2.14. The number of carbonyl (C=O) groups is 1. The van der Waals surface area contributed by atoms with Crippen molar-refractivity contribution in [1.29, 1.82) is 0 Å². The lowest BCUT2D eigenvalue weighted by Gasteiger charge is -2.10. The van der Waals surface area contributed by atoms with Crippen LogP contribution in [-0.2, 0) is 0 Å². The molecule has 1 aromatic carbocycles. The average molecular weight is 276 g/mol. The number of aromatic nitrogens is 1. The number of carbonyl (C=O) groups excluding carboxylic acids is 1. The Labute approximate surface area is 116 Å². The van der Waals surface area contributed by atoms with Gasteiger partial charge in [-0.3, -0.25) is 4.79 Å². The average Bonchev–Trinajstić information content (AvgIpc) is 2.42. The van der Waals surface area contributed by atoms with Gasteiger partial charge in [-0.1, -0.05) is 29.8 Å². The Morgan fingerprint density at radius 3 is 2.74 bits per heavy atom. The summed E-state index contributed by atoms with van der Waals surface area (Å²) in [6, 6.07) is 9.19. The molecule has 0 saturated carbocycles. The van der Waals surface area contributed by atoms with Gasteiger partial charge in [-0.25, -0.2) is 4.98 Å². The Morgan fingerprint density at radius 2 is 2.05 bits per heavy atom. The van der Waals surface area contributed by atoms with E-state index in [4.69, 9.17) is 11.6 Å². The van der Waals surface area contributed by atoms with Gasteiger partial charge in [-0.05, 0) is 24.6 Å². The Bertz CT molecular complexity index is 613. The summed E-state index contributed by atoms with van der Waals surface area (Å²) < 4.78 is 0. The fourth-order valence-corrected chi connectivity index (χ4v) is 1.84. The third-order valence-corrected chi connectivity index (χ3v) is 3.05. The summed E-state index contributed by atoms with van der Waals surface area (Å²) in [5, 5.41) is 6.04. The van der Waals surface area contributed by atoms with E-state index in [0.717, 1.165) is 11.3 Å². The molecule has 2 aromatic rings. The maximum Gasteiger partial charge on any atom is 0.257 e. The number of hydrogen-bond acceptors (Lipinski definition) is 3. The molecule has 4 nitrogen and oxygen atoms in total. The van der Waals surface area contributed by atoms with Gasteiger partial charge in [0.05, 0.1) is 10.6 Å². The highest BCUT2D eigenvalue weighted by molar-refractivity contribution is 6.34. The van der Waals surface area contributed by atoms with E-state index in [-0.39, 0.29) is 5.91 Å². The number of benzene rings is 1. The van der Waals surface area contributed by atoms with Gasteiger partial charge in [-0.15, -0.1) is 0 Å². The minimum absolute atomic E-state index is 0.252. The number of aryl methyl sites for hydroxylation is 1. The molecule has 0 bridgehead atoms. The number of para-hydroxylation sites is 1. The Hall–Kier alpha value is -2.07. The van der Waals surface area contributed by atoms with Crippen LogP contribution in [0.25, 0.3) is 0 Å². The maximum atomic E-state index is 12.2. The topological polar surface area (TPSA) is 54.0 Å². The van der Waals surface area contributed by atoms with E-state index in [2.05, 4.69) is 15.6 Å². The van der Waals surface area contributed by atoms with Crippen molar-refractivity contribution in [3.8, 4) is 0 Å². The van der Waals surface area contributed by atoms with Crippen molar-refractivity contribution in [1.82, 2.24) is 4.98 Å². The van der Waals surface area contributed by atoms with Crippen LogP contribution in [0.3, 0.4) is 0 Å². The Kier molecular flexibility index (Phi) is 4.02. The van der Waals surface area contributed by atoms with Crippen LogP contribution in [0.5, 0.6) is 0 Å². The van der Waals surface area contributed by atoms with Crippen LogP contribution < -0.4 is 10.6 Å². The van der Waals surface area contributed by atoms with Crippen molar-refractivity contribution in [2.45, 2.75) is 6.92 Å². The summed E-state index contributed by atoms with van der Waals surface area (Å²) in [5.74, 6) is 0.345. The first-order chi connectivity index (χ1) is 9.11. The number of rotatable bonds is 3. The second kappa shape index (κ2) is 5.71. The van der Waals surface area contributed by atoms with Crippen molar-refractivity contribution in [2.75, 3.05) is 17.7 Å². The van der Waals surface area contributed by atoms with Crippen LogP contribution in [0.4, 0.5) is 11.5 Å². The monoisotopic (exact) mass is 275 g/mol. The molecule has 98 valence electrons. The fourth-order valence-electron chi connectivity index (χ4n) is 1.65. The van der Waals surface area contributed by atoms with Crippen molar-refractivity contribution in [3.05, 3.63) is 52.7 Å². The Morgan fingerprint density at radius 1 is 1.32 bits per heavy atom. The minimum atomic E-state index is -0.252. The zero-order chi connectivity index (χ0) is 13.8. The van der Waals surface area contributed by atoms with Crippen LogP contribution in [0, 0.1) is 6.92 Å². The van der Waals surface area contributed by atoms with Gasteiger partial charge < -0.3 is 10.6 Å². The molecule has 1 amide bonds. The second-order valence-electron chi connectivity index (χ2n) is 4.07. The number of anilines is 2. The van der Waals surface area contributed by atoms with Gasteiger partial charge >= 0.3 is 0 Å². The van der Waals surface area contributed by atoms with Crippen LogP contribution in [0.15, 0.2) is 36.5 Å². The first kappa shape index (κ1) is 13.4. The molecule has 0 saturated heterocycles. The molecule has 0 atom stereocenters. The molecule has 1 aromatic heterocycles. The molecular weight excluding hydrogens is 262 g/mol. The smallest absolute Gasteiger partial charge is 0.257 e. The number of halogens is 1. The van der Waals surface area contributed by atoms with E-state index in [1.807, 2.05) is 31.2 Å². The standard InChI is InChI=1S/C14H14ClN3O/c1-9-5-3-4-6-12(9)18-14(19)10-7-13(16-2)17-8-11(10)15/h3-8H,1-2H3,(H,16,17)(H,18,19). The first-order valence-electron chi connectivity index (χ1n) is 5.82. The maximum absolute atomic E-state index is 12.2. The molecule has 0 spiro atoms.